The van der Waals surface area contributed by atoms with Gasteiger partial charge < -0.3 is 19.6 Å². The molecule has 0 unspecified atom stereocenters. The van der Waals surface area contributed by atoms with Gasteiger partial charge in [0, 0.05) is 55.6 Å². The van der Waals surface area contributed by atoms with Gasteiger partial charge in [-0.3, -0.25) is 4.79 Å². The Morgan fingerprint density at radius 2 is 1.90 bits per heavy atom. The number of carbonyl (C=O) groups excluding carboxylic acids is 2. The average molecular weight is 434 g/mol. The maximum absolute atomic E-state index is 12.5. The van der Waals surface area contributed by atoms with Crippen LogP contribution in [0.4, 0.5) is 10.5 Å². The SMILES string of the molecule is Cc1ccc(NC(=O)N2CCN(C(=O)CCCc3nc(C(C)C)no3)CC2)cc1Cl. The van der Waals surface area contributed by atoms with Crippen LogP contribution in [0.1, 0.15) is 49.9 Å². The van der Waals surface area contributed by atoms with E-state index in [2.05, 4.69) is 15.5 Å². The van der Waals surface area contributed by atoms with E-state index in [1.165, 1.54) is 0 Å². The molecule has 1 aliphatic rings. The third-order valence-corrected chi connectivity index (χ3v) is 5.53. The number of hydrogen-bond donors (Lipinski definition) is 1. The molecule has 1 aromatic heterocycles. The van der Waals surface area contributed by atoms with Crippen LogP contribution in [0.5, 0.6) is 0 Å². The summed E-state index contributed by atoms with van der Waals surface area (Å²) in [5.74, 6) is 1.58. The summed E-state index contributed by atoms with van der Waals surface area (Å²) in [6.07, 6.45) is 1.67. The Morgan fingerprint density at radius 1 is 1.20 bits per heavy atom. The second-order valence-electron chi connectivity index (χ2n) is 7.82. The summed E-state index contributed by atoms with van der Waals surface area (Å²) in [4.78, 5) is 32.8. The van der Waals surface area contributed by atoms with Gasteiger partial charge in [0.2, 0.25) is 11.8 Å². The van der Waals surface area contributed by atoms with Crippen molar-refractivity contribution in [1.29, 1.82) is 0 Å². The summed E-state index contributed by atoms with van der Waals surface area (Å²) in [5, 5.41) is 7.41. The molecule has 30 heavy (non-hydrogen) atoms. The van der Waals surface area contributed by atoms with Gasteiger partial charge in [0.25, 0.3) is 0 Å². The molecule has 3 amide bonds. The Bertz CT molecular complexity index is 891. The number of amides is 3. The quantitative estimate of drug-likeness (QED) is 0.746. The molecule has 1 saturated heterocycles. The molecule has 2 aromatic rings. The maximum Gasteiger partial charge on any atom is 0.321 e. The number of rotatable bonds is 6. The van der Waals surface area contributed by atoms with Crippen molar-refractivity contribution < 1.29 is 14.1 Å². The van der Waals surface area contributed by atoms with Crippen molar-refractivity contribution >= 4 is 29.2 Å². The fourth-order valence-corrected chi connectivity index (χ4v) is 3.37. The highest BCUT2D eigenvalue weighted by atomic mass is 35.5. The summed E-state index contributed by atoms with van der Waals surface area (Å²) in [7, 11) is 0. The Balaban J connectivity index is 1.40. The second-order valence-corrected chi connectivity index (χ2v) is 8.22. The van der Waals surface area contributed by atoms with Crippen molar-refractivity contribution in [3.05, 3.63) is 40.5 Å². The monoisotopic (exact) mass is 433 g/mol. The molecule has 1 fully saturated rings. The number of aromatic nitrogens is 2. The van der Waals surface area contributed by atoms with Crippen LogP contribution in [0.15, 0.2) is 22.7 Å². The summed E-state index contributed by atoms with van der Waals surface area (Å²) in [6.45, 7) is 7.98. The van der Waals surface area contributed by atoms with Crippen LogP contribution in [0.2, 0.25) is 5.02 Å². The highest BCUT2D eigenvalue weighted by Gasteiger charge is 2.24. The lowest BCUT2D eigenvalue weighted by molar-refractivity contribution is -0.132. The van der Waals surface area contributed by atoms with Crippen LogP contribution in [-0.4, -0.2) is 58.1 Å². The minimum absolute atomic E-state index is 0.0870. The molecule has 9 heteroatoms. The number of anilines is 1. The maximum atomic E-state index is 12.5. The van der Waals surface area contributed by atoms with Gasteiger partial charge in [-0.25, -0.2) is 4.79 Å². The lowest BCUT2D eigenvalue weighted by atomic mass is 10.2. The van der Waals surface area contributed by atoms with Gasteiger partial charge >= 0.3 is 6.03 Å². The lowest BCUT2D eigenvalue weighted by Crippen LogP contribution is -2.51. The van der Waals surface area contributed by atoms with Crippen LogP contribution in [-0.2, 0) is 11.2 Å². The van der Waals surface area contributed by atoms with E-state index >= 15 is 0 Å². The first-order chi connectivity index (χ1) is 14.3. The first kappa shape index (κ1) is 22.1. The molecule has 2 heterocycles. The standard InChI is InChI=1S/C21H28ClN5O3/c1-14(2)20-24-18(30-25-20)5-4-6-19(28)26-9-11-27(12-10-26)21(29)23-16-8-7-15(3)17(22)13-16/h7-8,13-14H,4-6,9-12H2,1-3H3,(H,23,29). The highest BCUT2D eigenvalue weighted by molar-refractivity contribution is 6.31. The number of aryl methyl sites for hydroxylation is 2. The van der Waals surface area contributed by atoms with Gasteiger partial charge in [-0.05, 0) is 31.0 Å². The van der Waals surface area contributed by atoms with Crippen molar-refractivity contribution in [2.24, 2.45) is 0 Å². The number of hydrogen-bond acceptors (Lipinski definition) is 5. The summed E-state index contributed by atoms with van der Waals surface area (Å²) in [5.41, 5.74) is 1.62. The van der Waals surface area contributed by atoms with E-state index in [0.717, 1.165) is 5.56 Å². The first-order valence-electron chi connectivity index (χ1n) is 10.3. The van der Waals surface area contributed by atoms with Gasteiger partial charge in [-0.1, -0.05) is 36.7 Å². The average Bonchev–Trinajstić information content (AvgIpc) is 3.20. The van der Waals surface area contributed by atoms with E-state index in [-0.39, 0.29) is 17.9 Å². The molecule has 0 atom stereocenters. The van der Waals surface area contributed by atoms with Gasteiger partial charge in [-0.15, -0.1) is 0 Å². The van der Waals surface area contributed by atoms with Crippen molar-refractivity contribution in [2.45, 2.75) is 46.0 Å². The predicted molar refractivity (Wildman–Crippen MR) is 115 cm³/mol. The Morgan fingerprint density at radius 3 is 2.53 bits per heavy atom. The van der Waals surface area contributed by atoms with E-state index in [0.29, 0.717) is 67.9 Å². The van der Waals surface area contributed by atoms with E-state index in [9.17, 15) is 9.59 Å². The number of urea groups is 1. The predicted octanol–water partition coefficient (Wildman–Crippen LogP) is 3.85. The number of piperazine rings is 1. The number of halogens is 1. The Hall–Kier alpha value is -2.61. The molecule has 0 bridgehead atoms. The molecule has 0 spiro atoms. The van der Waals surface area contributed by atoms with Crippen molar-refractivity contribution in [3.63, 3.8) is 0 Å². The number of nitrogens with zero attached hydrogens (tertiary/aromatic N) is 4. The number of carbonyl (C=O) groups is 2. The fraction of sp³-hybridized carbons (Fsp3) is 0.524. The first-order valence-corrected chi connectivity index (χ1v) is 10.6. The smallest absolute Gasteiger partial charge is 0.321 e. The fourth-order valence-electron chi connectivity index (χ4n) is 3.19. The van der Waals surface area contributed by atoms with E-state index in [1.54, 1.807) is 15.9 Å². The van der Waals surface area contributed by atoms with Gasteiger partial charge in [0.05, 0.1) is 0 Å². The van der Waals surface area contributed by atoms with Crippen LogP contribution in [0.25, 0.3) is 0 Å². The Kier molecular flexibility index (Phi) is 7.31. The largest absolute Gasteiger partial charge is 0.339 e. The second kappa shape index (κ2) is 9.93. The van der Waals surface area contributed by atoms with E-state index in [1.807, 2.05) is 32.9 Å². The normalized spacial score (nSPS) is 14.3. The van der Waals surface area contributed by atoms with Gasteiger partial charge in [0.15, 0.2) is 5.82 Å². The third kappa shape index (κ3) is 5.72. The van der Waals surface area contributed by atoms with Crippen LogP contribution < -0.4 is 5.32 Å². The van der Waals surface area contributed by atoms with Gasteiger partial charge in [-0.2, -0.15) is 4.98 Å². The summed E-state index contributed by atoms with van der Waals surface area (Å²) < 4.78 is 5.21. The minimum Gasteiger partial charge on any atom is -0.339 e. The van der Waals surface area contributed by atoms with Crippen molar-refractivity contribution in [3.8, 4) is 0 Å². The molecule has 0 saturated carbocycles. The molecule has 162 valence electrons. The van der Waals surface area contributed by atoms with Crippen molar-refractivity contribution in [2.75, 3.05) is 31.5 Å². The van der Waals surface area contributed by atoms with Crippen LogP contribution in [0, 0.1) is 6.92 Å². The molecular formula is C21H28ClN5O3. The molecule has 1 aliphatic heterocycles. The molecule has 0 aliphatic carbocycles. The zero-order valence-corrected chi connectivity index (χ0v) is 18.4. The van der Waals surface area contributed by atoms with Crippen LogP contribution in [0.3, 0.4) is 0 Å². The zero-order valence-electron chi connectivity index (χ0n) is 17.7. The highest BCUT2D eigenvalue weighted by Crippen LogP contribution is 2.20. The molecule has 0 radical (unpaired) electrons. The molecular weight excluding hydrogens is 406 g/mol. The third-order valence-electron chi connectivity index (χ3n) is 5.12. The van der Waals surface area contributed by atoms with Crippen LogP contribution >= 0.6 is 11.6 Å². The molecule has 8 nitrogen and oxygen atoms in total. The minimum atomic E-state index is -0.181. The summed E-state index contributed by atoms with van der Waals surface area (Å²) in [6, 6.07) is 5.25. The topological polar surface area (TPSA) is 91.6 Å². The molecule has 3 rings (SSSR count). The lowest BCUT2D eigenvalue weighted by Gasteiger charge is -2.34. The van der Waals surface area contributed by atoms with Crippen molar-refractivity contribution in [1.82, 2.24) is 19.9 Å². The molecule has 1 aromatic carbocycles. The molecule has 1 N–H and O–H groups in total. The number of benzene rings is 1. The Labute approximate surface area is 181 Å². The summed E-state index contributed by atoms with van der Waals surface area (Å²) >= 11 is 6.11. The zero-order chi connectivity index (χ0) is 21.7. The van der Waals surface area contributed by atoms with Gasteiger partial charge in [0.1, 0.15) is 0 Å². The van der Waals surface area contributed by atoms with E-state index < -0.39 is 0 Å². The number of nitrogens with one attached hydrogen (secondary N) is 1. The van der Waals surface area contributed by atoms with E-state index in [4.69, 9.17) is 16.1 Å².